The van der Waals surface area contributed by atoms with Crippen LogP contribution in [0.4, 0.5) is 0 Å². The highest BCUT2D eigenvalue weighted by Crippen LogP contribution is 2.18. The molecule has 0 aliphatic heterocycles. The Bertz CT molecular complexity index is 886. The van der Waals surface area contributed by atoms with E-state index in [9.17, 15) is 9.59 Å². The molecule has 0 saturated heterocycles. The fraction of sp³-hybridized carbons (Fsp3) is 0.143. The maximum absolute atomic E-state index is 12.6. The Kier molecular flexibility index (Phi) is 5.81. The van der Waals surface area contributed by atoms with Gasteiger partial charge in [-0.3, -0.25) is 9.59 Å². The molecule has 0 atom stereocenters. The molecule has 26 heavy (non-hydrogen) atoms. The molecule has 4 nitrogen and oxygen atoms in total. The molecule has 0 aliphatic rings. The van der Waals surface area contributed by atoms with E-state index in [0.29, 0.717) is 29.0 Å². The molecule has 1 heterocycles. The summed E-state index contributed by atoms with van der Waals surface area (Å²) in [4.78, 5) is 25.8. The van der Waals surface area contributed by atoms with Crippen molar-refractivity contribution >= 4 is 23.0 Å². The van der Waals surface area contributed by atoms with Crippen LogP contribution in [0.2, 0.25) is 0 Å². The number of hydrogen-bond acceptors (Lipinski definition) is 4. The van der Waals surface area contributed by atoms with Crippen molar-refractivity contribution in [3.05, 3.63) is 87.6 Å². The monoisotopic (exact) mass is 365 g/mol. The summed E-state index contributed by atoms with van der Waals surface area (Å²) in [5, 5.41) is 4.75. The van der Waals surface area contributed by atoms with E-state index in [1.54, 1.807) is 37.4 Å². The summed E-state index contributed by atoms with van der Waals surface area (Å²) in [5.74, 6) is 0.443. The Hall–Kier alpha value is -2.92. The normalized spacial score (nSPS) is 10.3. The first-order valence-electron chi connectivity index (χ1n) is 8.27. The number of ketones is 1. The van der Waals surface area contributed by atoms with Crippen molar-refractivity contribution in [2.75, 3.05) is 13.7 Å². The lowest BCUT2D eigenvalue weighted by Gasteiger charge is -2.09. The highest BCUT2D eigenvalue weighted by atomic mass is 32.1. The zero-order valence-electron chi connectivity index (χ0n) is 14.4. The smallest absolute Gasteiger partial charge is 0.252 e. The molecule has 0 fully saturated rings. The zero-order valence-corrected chi connectivity index (χ0v) is 15.2. The largest absolute Gasteiger partial charge is 0.497 e. The standard InChI is InChI=1S/C21H19NO3S/c1-25-16-10-8-15(9-11-16)12-13-22-21(24)18-6-3-2-5-17(18)20(23)19-7-4-14-26-19/h2-11,14H,12-13H2,1H3,(H,22,24). The molecule has 0 aliphatic carbocycles. The van der Waals surface area contributed by atoms with Gasteiger partial charge in [0.05, 0.1) is 17.6 Å². The van der Waals surface area contributed by atoms with Crippen LogP contribution in [0, 0.1) is 0 Å². The topological polar surface area (TPSA) is 55.4 Å². The SMILES string of the molecule is COc1ccc(CCNC(=O)c2ccccc2C(=O)c2cccs2)cc1. The first-order chi connectivity index (χ1) is 12.7. The number of ether oxygens (including phenoxy) is 1. The third-order valence-corrected chi connectivity index (χ3v) is 4.89. The summed E-state index contributed by atoms with van der Waals surface area (Å²) in [6, 6.07) is 18.3. The first-order valence-corrected chi connectivity index (χ1v) is 9.15. The van der Waals surface area contributed by atoms with E-state index in [4.69, 9.17) is 4.74 Å². The predicted octanol–water partition coefficient (Wildman–Crippen LogP) is 3.96. The predicted molar refractivity (Wildman–Crippen MR) is 103 cm³/mol. The molecular weight excluding hydrogens is 346 g/mol. The van der Waals surface area contributed by atoms with Crippen LogP contribution < -0.4 is 10.1 Å². The Morgan fingerprint density at radius 2 is 1.69 bits per heavy atom. The molecule has 132 valence electrons. The van der Waals surface area contributed by atoms with Crippen LogP contribution in [0.1, 0.15) is 31.2 Å². The molecule has 1 aromatic heterocycles. The van der Waals surface area contributed by atoms with E-state index < -0.39 is 0 Å². The maximum Gasteiger partial charge on any atom is 0.252 e. The number of rotatable bonds is 7. The van der Waals surface area contributed by atoms with Gasteiger partial charge in [0.25, 0.3) is 5.91 Å². The van der Waals surface area contributed by atoms with E-state index in [0.717, 1.165) is 11.3 Å². The van der Waals surface area contributed by atoms with Gasteiger partial charge in [0, 0.05) is 12.1 Å². The number of carbonyl (C=O) groups is 2. The van der Waals surface area contributed by atoms with Gasteiger partial charge in [-0.05, 0) is 41.6 Å². The lowest BCUT2D eigenvalue weighted by atomic mass is 10.0. The highest BCUT2D eigenvalue weighted by molar-refractivity contribution is 7.12. The number of thiophene rings is 1. The van der Waals surface area contributed by atoms with Gasteiger partial charge in [0.15, 0.2) is 0 Å². The molecular formula is C21H19NO3S. The van der Waals surface area contributed by atoms with Gasteiger partial charge >= 0.3 is 0 Å². The van der Waals surface area contributed by atoms with Crippen molar-refractivity contribution < 1.29 is 14.3 Å². The van der Waals surface area contributed by atoms with Gasteiger partial charge in [0.2, 0.25) is 5.78 Å². The van der Waals surface area contributed by atoms with E-state index in [1.807, 2.05) is 35.7 Å². The molecule has 3 rings (SSSR count). The molecule has 3 aromatic rings. The summed E-state index contributed by atoms with van der Waals surface area (Å²) >= 11 is 1.37. The molecule has 1 amide bonds. The van der Waals surface area contributed by atoms with E-state index >= 15 is 0 Å². The summed E-state index contributed by atoms with van der Waals surface area (Å²) in [6.07, 6.45) is 0.705. The van der Waals surface area contributed by atoms with Gasteiger partial charge in [0.1, 0.15) is 5.75 Å². The molecule has 0 bridgehead atoms. The van der Waals surface area contributed by atoms with Crippen LogP contribution in [0.25, 0.3) is 0 Å². The molecule has 5 heteroatoms. The van der Waals surface area contributed by atoms with Crippen molar-refractivity contribution in [1.82, 2.24) is 5.32 Å². The third-order valence-electron chi connectivity index (χ3n) is 4.02. The third kappa shape index (κ3) is 4.18. The summed E-state index contributed by atoms with van der Waals surface area (Å²) < 4.78 is 5.14. The Morgan fingerprint density at radius 1 is 0.962 bits per heavy atom. The molecule has 0 spiro atoms. The van der Waals surface area contributed by atoms with Gasteiger partial charge in [-0.1, -0.05) is 36.4 Å². The van der Waals surface area contributed by atoms with Crippen molar-refractivity contribution in [3.8, 4) is 5.75 Å². The fourth-order valence-electron chi connectivity index (χ4n) is 2.63. The number of nitrogens with one attached hydrogen (secondary N) is 1. The second kappa shape index (κ2) is 8.45. The van der Waals surface area contributed by atoms with Gasteiger partial charge in [-0.15, -0.1) is 11.3 Å². The summed E-state index contributed by atoms with van der Waals surface area (Å²) in [7, 11) is 1.63. The number of carbonyl (C=O) groups excluding carboxylic acids is 2. The minimum absolute atomic E-state index is 0.124. The van der Waals surface area contributed by atoms with Gasteiger partial charge in [-0.2, -0.15) is 0 Å². The molecule has 0 radical (unpaired) electrons. The number of methoxy groups -OCH3 is 1. The maximum atomic E-state index is 12.6. The van der Waals surface area contributed by atoms with Crippen LogP contribution in [0.5, 0.6) is 5.75 Å². The second-order valence-electron chi connectivity index (χ2n) is 5.71. The number of amides is 1. The lowest BCUT2D eigenvalue weighted by Crippen LogP contribution is -2.27. The van der Waals surface area contributed by atoms with Crippen molar-refractivity contribution in [2.45, 2.75) is 6.42 Å². The van der Waals surface area contributed by atoms with E-state index in [-0.39, 0.29) is 11.7 Å². The highest BCUT2D eigenvalue weighted by Gasteiger charge is 2.18. The fourth-order valence-corrected chi connectivity index (χ4v) is 3.31. The number of benzene rings is 2. The minimum Gasteiger partial charge on any atom is -0.497 e. The van der Waals surface area contributed by atoms with Crippen LogP contribution in [-0.4, -0.2) is 25.3 Å². The van der Waals surface area contributed by atoms with E-state index in [1.165, 1.54) is 11.3 Å². The molecule has 2 aromatic carbocycles. The average Bonchev–Trinajstić information content (AvgIpc) is 3.22. The van der Waals surface area contributed by atoms with Gasteiger partial charge < -0.3 is 10.1 Å². The van der Waals surface area contributed by atoms with Crippen molar-refractivity contribution in [3.63, 3.8) is 0 Å². The first kappa shape index (κ1) is 17.9. The molecule has 0 saturated carbocycles. The van der Waals surface area contributed by atoms with Crippen molar-refractivity contribution in [1.29, 1.82) is 0 Å². The van der Waals surface area contributed by atoms with Crippen molar-refractivity contribution in [2.24, 2.45) is 0 Å². The second-order valence-corrected chi connectivity index (χ2v) is 6.65. The van der Waals surface area contributed by atoms with Crippen LogP contribution in [-0.2, 0) is 6.42 Å². The van der Waals surface area contributed by atoms with Crippen LogP contribution in [0.15, 0.2) is 66.0 Å². The van der Waals surface area contributed by atoms with Crippen LogP contribution >= 0.6 is 11.3 Å². The Labute approximate surface area is 156 Å². The van der Waals surface area contributed by atoms with E-state index in [2.05, 4.69) is 5.32 Å². The molecule has 1 N–H and O–H groups in total. The summed E-state index contributed by atoms with van der Waals surface area (Å²) in [5.41, 5.74) is 1.94. The quantitative estimate of drug-likeness (QED) is 0.645. The van der Waals surface area contributed by atoms with Crippen LogP contribution in [0.3, 0.4) is 0 Å². The lowest BCUT2D eigenvalue weighted by molar-refractivity contribution is 0.0943. The van der Waals surface area contributed by atoms with Gasteiger partial charge in [-0.25, -0.2) is 0 Å². The minimum atomic E-state index is -0.237. The Morgan fingerprint density at radius 3 is 2.35 bits per heavy atom. The summed E-state index contributed by atoms with van der Waals surface area (Å²) in [6.45, 7) is 0.493. The number of hydrogen-bond donors (Lipinski definition) is 1. The zero-order chi connectivity index (χ0) is 18.4. The Balaban J connectivity index is 1.65. The molecule has 0 unspecified atom stereocenters. The average molecular weight is 365 g/mol.